The zero-order chi connectivity index (χ0) is 29.4. The van der Waals surface area contributed by atoms with Gasteiger partial charge >= 0.3 is 5.69 Å². The van der Waals surface area contributed by atoms with Crippen LogP contribution in [-0.4, -0.2) is 45.5 Å². The number of halogens is 1. The van der Waals surface area contributed by atoms with E-state index in [4.69, 9.17) is 11.6 Å². The van der Waals surface area contributed by atoms with E-state index in [1.165, 1.54) is 4.57 Å². The van der Waals surface area contributed by atoms with Gasteiger partial charge in [-0.15, -0.1) is 0 Å². The maximum atomic E-state index is 13.6. The molecule has 0 radical (unpaired) electrons. The third kappa shape index (κ3) is 7.32. The standard InChI is InChI=1S/C32H35ClN4O4/c1-3-19-35(20-4-2)29(38)22-36-28-8-6-5-7-27(28)31(40)37(32(36)41)21-24-9-13-25(14-10-24)30(39)34-18-17-23-11-15-26(33)16-12-23/h5-16H,3-4,17-22H2,1-2H3,(H,34,39). The number of hydrogen-bond donors (Lipinski definition) is 1. The zero-order valence-electron chi connectivity index (χ0n) is 23.4. The van der Waals surface area contributed by atoms with E-state index in [0.717, 1.165) is 23.0 Å². The Morgan fingerprint density at radius 3 is 2.12 bits per heavy atom. The SMILES string of the molecule is CCCN(CCC)C(=O)Cn1c(=O)n(Cc2ccc(C(=O)NCCc3ccc(Cl)cc3)cc2)c(=O)c2ccccc21. The quantitative estimate of drug-likeness (QED) is 0.270. The van der Waals surface area contributed by atoms with Crippen LogP contribution in [0.5, 0.6) is 0 Å². The van der Waals surface area contributed by atoms with E-state index in [9.17, 15) is 19.2 Å². The average molecular weight is 575 g/mol. The van der Waals surface area contributed by atoms with E-state index >= 15 is 0 Å². The molecule has 9 heteroatoms. The Labute approximate surface area is 244 Å². The molecule has 0 atom stereocenters. The second kappa shape index (κ2) is 13.9. The van der Waals surface area contributed by atoms with Crippen LogP contribution in [-0.2, 0) is 24.3 Å². The topological polar surface area (TPSA) is 93.4 Å². The van der Waals surface area contributed by atoms with Gasteiger partial charge in [-0.1, -0.05) is 61.8 Å². The van der Waals surface area contributed by atoms with Gasteiger partial charge in [0.2, 0.25) is 5.91 Å². The average Bonchev–Trinajstić information content (AvgIpc) is 2.98. The number of hydrogen-bond acceptors (Lipinski definition) is 4. The van der Waals surface area contributed by atoms with Gasteiger partial charge in [0, 0.05) is 30.2 Å². The van der Waals surface area contributed by atoms with Crippen molar-refractivity contribution >= 4 is 34.3 Å². The fraction of sp³-hybridized carbons (Fsp3) is 0.312. The molecule has 41 heavy (non-hydrogen) atoms. The van der Waals surface area contributed by atoms with Crippen LogP contribution in [0.4, 0.5) is 0 Å². The van der Waals surface area contributed by atoms with E-state index in [-0.39, 0.29) is 24.9 Å². The van der Waals surface area contributed by atoms with Crippen molar-refractivity contribution in [2.75, 3.05) is 19.6 Å². The number of aromatic nitrogens is 2. The number of fused-ring (bicyclic) bond motifs is 1. The molecule has 214 valence electrons. The summed E-state index contributed by atoms with van der Waals surface area (Å²) in [5.74, 6) is -0.365. The summed E-state index contributed by atoms with van der Waals surface area (Å²) in [6.07, 6.45) is 2.31. The lowest BCUT2D eigenvalue weighted by atomic mass is 10.1. The molecule has 4 aromatic rings. The Kier molecular flexibility index (Phi) is 10.1. The molecule has 0 aliphatic heterocycles. The van der Waals surface area contributed by atoms with Crippen LogP contribution >= 0.6 is 11.6 Å². The van der Waals surface area contributed by atoms with E-state index in [1.54, 1.807) is 53.4 Å². The molecule has 2 amide bonds. The predicted molar refractivity (Wildman–Crippen MR) is 163 cm³/mol. The fourth-order valence-corrected chi connectivity index (χ4v) is 4.94. The maximum Gasteiger partial charge on any atom is 0.332 e. The third-order valence-corrected chi connectivity index (χ3v) is 7.19. The number of amides is 2. The van der Waals surface area contributed by atoms with Crippen LogP contribution in [0.3, 0.4) is 0 Å². The van der Waals surface area contributed by atoms with Gasteiger partial charge in [-0.3, -0.25) is 23.5 Å². The molecule has 1 N–H and O–H groups in total. The number of rotatable bonds is 12. The summed E-state index contributed by atoms with van der Waals surface area (Å²) < 4.78 is 2.54. The van der Waals surface area contributed by atoms with Crippen LogP contribution < -0.4 is 16.6 Å². The molecule has 8 nitrogen and oxygen atoms in total. The van der Waals surface area contributed by atoms with Crippen molar-refractivity contribution in [2.24, 2.45) is 0 Å². The summed E-state index contributed by atoms with van der Waals surface area (Å²) in [5, 5.41) is 3.94. The van der Waals surface area contributed by atoms with Gasteiger partial charge in [-0.25, -0.2) is 4.79 Å². The first kappa shape index (κ1) is 29.8. The summed E-state index contributed by atoms with van der Waals surface area (Å²) in [6, 6.07) is 21.2. The molecule has 4 rings (SSSR count). The minimum Gasteiger partial charge on any atom is -0.352 e. The summed E-state index contributed by atoms with van der Waals surface area (Å²) >= 11 is 5.92. The number of nitrogens with zero attached hydrogens (tertiary/aromatic N) is 3. The molecule has 1 aromatic heterocycles. The Morgan fingerprint density at radius 2 is 1.46 bits per heavy atom. The predicted octanol–water partition coefficient (Wildman–Crippen LogP) is 4.49. The molecule has 0 saturated carbocycles. The Morgan fingerprint density at radius 1 is 0.829 bits per heavy atom. The normalized spacial score (nSPS) is 11.0. The minimum absolute atomic E-state index is 0.0167. The van der Waals surface area contributed by atoms with Crippen molar-refractivity contribution in [1.29, 1.82) is 0 Å². The zero-order valence-corrected chi connectivity index (χ0v) is 24.2. The van der Waals surface area contributed by atoms with Crippen molar-refractivity contribution in [3.8, 4) is 0 Å². The van der Waals surface area contributed by atoms with Crippen molar-refractivity contribution < 1.29 is 9.59 Å². The molecule has 0 fully saturated rings. The van der Waals surface area contributed by atoms with Crippen molar-refractivity contribution in [1.82, 2.24) is 19.4 Å². The molecule has 0 unspecified atom stereocenters. The Balaban J connectivity index is 1.53. The van der Waals surface area contributed by atoms with Crippen LogP contribution in [0.2, 0.25) is 5.02 Å². The molecule has 0 aliphatic rings. The molecule has 1 heterocycles. The fourth-order valence-electron chi connectivity index (χ4n) is 4.82. The first-order valence-corrected chi connectivity index (χ1v) is 14.3. The smallest absolute Gasteiger partial charge is 0.332 e. The van der Waals surface area contributed by atoms with Crippen molar-refractivity contribution in [3.05, 3.63) is 115 Å². The highest BCUT2D eigenvalue weighted by molar-refractivity contribution is 6.30. The van der Waals surface area contributed by atoms with Gasteiger partial charge < -0.3 is 10.2 Å². The van der Waals surface area contributed by atoms with E-state index < -0.39 is 11.2 Å². The monoisotopic (exact) mass is 574 g/mol. The highest BCUT2D eigenvalue weighted by Gasteiger charge is 2.19. The maximum absolute atomic E-state index is 13.6. The van der Waals surface area contributed by atoms with E-state index in [0.29, 0.717) is 53.1 Å². The van der Waals surface area contributed by atoms with Crippen molar-refractivity contribution in [2.45, 2.75) is 46.2 Å². The highest BCUT2D eigenvalue weighted by atomic mass is 35.5. The second-order valence-corrected chi connectivity index (χ2v) is 10.4. The first-order chi connectivity index (χ1) is 19.8. The first-order valence-electron chi connectivity index (χ1n) is 13.9. The van der Waals surface area contributed by atoms with Gasteiger partial charge in [0.25, 0.3) is 11.5 Å². The van der Waals surface area contributed by atoms with Crippen LogP contribution in [0.15, 0.2) is 82.4 Å². The van der Waals surface area contributed by atoms with Crippen LogP contribution in [0, 0.1) is 0 Å². The second-order valence-electron chi connectivity index (χ2n) is 9.99. The number of carbonyl (C=O) groups is 2. The number of benzene rings is 3. The molecule has 3 aromatic carbocycles. The molecule has 0 saturated heterocycles. The van der Waals surface area contributed by atoms with Gasteiger partial charge in [0.15, 0.2) is 0 Å². The van der Waals surface area contributed by atoms with Crippen LogP contribution in [0.1, 0.15) is 48.2 Å². The molecular formula is C32H35ClN4O4. The summed E-state index contributed by atoms with van der Waals surface area (Å²) in [6.45, 7) is 5.58. The number of carbonyl (C=O) groups excluding carboxylic acids is 2. The summed E-state index contributed by atoms with van der Waals surface area (Å²) in [4.78, 5) is 54.5. The van der Waals surface area contributed by atoms with E-state index in [2.05, 4.69) is 5.32 Å². The lowest BCUT2D eigenvalue weighted by Gasteiger charge is -2.22. The number of para-hydroxylation sites is 1. The largest absolute Gasteiger partial charge is 0.352 e. The highest BCUT2D eigenvalue weighted by Crippen LogP contribution is 2.12. The summed E-state index contributed by atoms with van der Waals surface area (Å²) in [7, 11) is 0. The molecule has 0 spiro atoms. The van der Waals surface area contributed by atoms with E-state index in [1.807, 2.05) is 38.1 Å². The lowest BCUT2D eigenvalue weighted by molar-refractivity contribution is -0.131. The summed E-state index contributed by atoms with van der Waals surface area (Å²) in [5.41, 5.74) is 1.71. The molecule has 0 aliphatic carbocycles. The Hall–Kier alpha value is -4.17. The van der Waals surface area contributed by atoms with Gasteiger partial charge in [0.1, 0.15) is 6.54 Å². The molecular weight excluding hydrogens is 540 g/mol. The van der Waals surface area contributed by atoms with Gasteiger partial charge in [-0.05, 0) is 66.8 Å². The molecule has 0 bridgehead atoms. The lowest BCUT2D eigenvalue weighted by Crippen LogP contribution is -2.44. The number of nitrogens with one attached hydrogen (secondary N) is 1. The Bertz CT molecular complexity index is 1620. The minimum atomic E-state index is -0.543. The van der Waals surface area contributed by atoms with Gasteiger partial charge in [-0.2, -0.15) is 0 Å². The van der Waals surface area contributed by atoms with Crippen molar-refractivity contribution in [3.63, 3.8) is 0 Å². The van der Waals surface area contributed by atoms with Gasteiger partial charge in [0.05, 0.1) is 17.4 Å². The van der Waals surface area contributed by atoms with Crippen LogP contribution in [0.25, 0.3) is 10.9 Å². The third-order valence-electron chi connectivity index (χ3n) is 6.93.